The summed E-state index contributed by atoms with van der Waals surface area (Å²) in [5, 5.41) is 14.8. The molecule has 0 atom stereocenters. The Morgan fingerprint density at radius 3 is 2.81 bits per heavy atom. The molecule has 2 heterocycles. The Labute approximate surface area is 123 Å². The molecule has 3 aromatic rings. The highest BCUT2D eigenvalue weighted by Crippen LogP contribution is 2.37. The molecule has 0 spiro atoms. The third-order valence-electron chi connectivity index (χ3n) is 3.42. The fourth-order valence-electron chi connectivity index (χ4n) is 2.47. The minimum atomic E-state index is -0.320. The van der Waals surface area contributed by atoms with Crippen LogP contribution in [0, 0.1) is 0 Å². The van der Waals surface area contributed by atoms with Gasteiger partial charge in [0, 0.05) is 0 Å². The van der Waals surface area contributed by atoms with E-state index in [2.05, 4.69) is 10.1 Å². The van der Waals surface area contributed by atoms with E-state index >= 15 is 0 Å². The van der Waals surface area contributed by atoms with Gasteiger partial charge in [0.1, 0.15) is 23.2 Å². The molecular weight excluding hydrogens is 292 g/mol. The summed E-state index contributed by atoms with van der Waals surface area (Å²) in [6, 6.07) is 8.13. The van der Waals surface area contributed by atoms with Crippen LogP contribution in [0.1, 0.15) is 15.9 Å². The summed E-state index contributed by atoms with van der Waals surface area (Å²) in [7, 11) is 0. The first kappa shape index (κ1) is 12.1. The van der Waals surface area contributed by atoms with E-state index in [1.807, 2.05) is 0 Å². The van der Waals surface area contributed by atoms with Crippen molar-refractivity contribution in [1.82, 2.24) is 5.16 Å². The molecule has 6 heteroatoms. The number of ketones is 1. The average molecular weight is 299 g/mol. The van der Waals surface area contributed by atoms with E-state index < -0.39 is 0 Å². The molecule has 0 fully saturated rings. The Balaban J connectivity index is 2.00. The SMILES string of the molecule is O=C1C(c2c(O)ccc3nocc23)=Nc2cccc(Cl)c21. The zero-order chi connectivity index (χ0) is 14.6. The van der Waals surface area contributed by atoms with Crippen LogP contribution in [0.15, 0.2) is 46.1 Å². The number of nitrogens with zero attached hydrogens (tertiary/aromatic N) is 2. The number of carbonyl (C=O) groups is 1. The molecule has 0 saturated carbocycles. The molecule has 1 N–H and O–H groups in total. The molecule has 2 aromatic carbocycles. The summed E-state index contributed by atoms with van der Waals surface area (Å²) in [4.78, 5) is 16.9. The molecule has 0 aliphatic carbocycles. The first-order valence-electron chi connectivity index (χ1n) is 6.15. The Hall–Kier alpha value is -2.66. The van der Waals surface area contributed by atoms with Crippen LogP contribution in [-0.4, -0.2) is 21.8 Å². The Bertz CT molecular complexity index is 943. The Morgan fingerprint density at radius 2 is 2.00 bits per heavy atom. The van der Waals surface area contributed by atoms with Gasteiger partial charge in [0.25, 0.3) is 0 Å². The summed E-state index contributed by atoms with van der Waals surface area (Å²) < 4.78 is 4.90. The lowest BCUT2D eigenvalue weighted by Crippen LogP contribution is -2.12. The molecule has 0 saturated heterocycles. The quantitative estimate of drug-likeness (QED) is 0.746. The highest BCUT2D eigenvalue weighted by atomic mass is 35.5. The largest absolute Gasteiger partial charge is 0.507 e. The van der Waals surface area contributed by atoms with E-state index in [9.17, 15) is 9.90 Å². The third kappa shape index (κ3) is 1.61. The lowest BCUT2D eigenvalue weighted by atomic mass is 9.99. The van der Waals surface area contributed by atoms with Crippen LogP contribution in [0.3, 0.4) is 0 Å². The summed E-state index contributed by atoms with van der Waals surface area (Å²) >= 11 is 6.07. The predicted molar refractivity (Wildman–Crippen MR) is 77.7 cm³/mol. The maximum absolute atomic E-state index is 12.6. The molecular formula is C15H7ClN2O3. The lowest BCUT2D eigenvalue weighted by molar-refractivity contribution is 0.107. The lowest BCUT2D eigenvalue weighted by Gasteiger charge is -2.04. The monoisotopic (exact) mass is 298 g/mol. The van der Waals surface area contributed by atoms with Gasteiger partial charge in [0.05, 0.1) is 27.2 Å². The van der Waals surface area contributed by atoms with Crippen LogP contribution < -0.4 is 0 Å². The van der Waals surface area contributed by atoms with E-state index in [1.54, 1.807) is 24.3 Å². The highest BCUT2D eigenvalue weighted by molar-refractivity contribution is 6.58. The zero-order valence-corrected chi connectivity index (χ0v) is 11.3. The van der Waals surface area contributed by atoms with E-state index in [0.29, 0.717) is 32.7 Å². The third-order valence-corrected chi connectivity index (χ3v) is 3.74. The molecule has 21 heavy (non-hydrogen) atoms. The first-order chi connectivity index (χ1) is 10.2. The number of aromatic hydroxyl groups is 1. The van der Waals surface area contributed by atoms with Crippen LogP contribution in [-0.2, 0) is 0 Å². The number of aliphatic imine (C=N–C) groups is 1. The maximum Gasteiger partial charge on any atom is 0.215 e. The second-order valence-electron chi connectivity index (χ2n) is 4.63. The summed E-state index contributed by atoms with van der Waals surface area (Å²) in [5.41, 5.74) is 1.84. The topological polar surface area (TPSA) is 75.7 Å². The fourth-order valence-corrected chi connectivity index (χ4v) is 2.73. The Kier molecular flexibility index (Phi) is 2.40. The van der Waals surface area contributed by atoms with Crippen molar-refractivity contribution in [3.8, 4) is 5.75 Å². The van der Waals surface area contributed by atoms with Crippen molar-refractivity contribution in [1.29, 1.82) is 0 Å². The molecule has 0 amide bonds. The average Bonchev–Trinajstić information content (AvgIpc) is 3.05. The minimum absolute atomic E-state index is 0.0540. The Morgan fingerprint density at radius 1 is 1.14 bits per heavy atom. The van der Waals surface area contributed by atoms with Crippen LogP contribution in [0.5, 0.6) is 5.75 Å². The van der Waals surface area contributed by atoms with E-state index in [-0.39, 0.29) is 17.2 Å². The highest BCUT2D eigenvalue weighted by Gasteiger charge is 2.31. The van der Waals surface area contributed by atoms with Crippen molar-refractivity contribution in [2.45, 2.75) is 0 Å². The van der Waals surface area contributed by atoms with Crippen LogP contribution in [0.4, 0.5) is 5.69 Å². The molecule has 4 rings (SSSR count). The van der Waals surface area contributed by atoms with Gasteiger partial charge in [0.2, 0.25) is 5.78 Å². The number of benzene rings is 2. The number of carbonyl (C=O) groups excluding carboxylic acids is 1. The van der Waals surface area contributed by atoms with Crippen molar-refractivity contribution in [3.05, 3.63) is 52.7 Å². The van der Waals surface area contributed by atoms with E-state index in [1.165, 1.54) is 12.3 Å². The molecule has 102 valence electrons. The molecule has 5 nitrogen and oxygen atoms in total. The number of fused-ring (bicyclic) bond motifs is 2. The van der Waals surface area contributed by atoms with Gasteiger partial charge >= 0.3 is 0 Å². The molecule has 1 aliphatic heterocycles. The van der Waals surface area contributed by atoms with Crippen LogP contribution >= 0.6 is 11.6 Å². The van der Waals surface area contributed by atoms with Gasteiger partial charge in [0.15, 0.2) is 0 Å². The van der Waals surface area contributed by atoms with Gasteiger partial charge in [-0.05, 0) is 24.3 Å². The normalized spacial score (nSPS) is 13.6. The van der Waals surface area contributed by atoms with Crippen LogP contribution in [0.2, 0.25) is 5.02 Å². The van der Waals surface area contributed by atoms with Crippen molar-refractivity contribution in [3.63, 3.8) is 0 Å². The summed E-state index contributed by atoms with van der Waals surface area (Å²) in [6.07, 6.45) is 1.38. The number of phenolic OH excluding ortho intramolecular Hbond substituents is 1. The number of Topliss-reactive ketones (excluding diaryl/α,β-unsaturated/α-hetero) is 1. The molecule has 0 unspecified atom stereocenters. The first-order valence-corrected chi connectivity index (χ1v) is 6.53. The maximum atomic E-state index is 12.6. The van der Waals surface area contributed by atoms with Gasteiger partial charge in [-0.25, -0.2) is 4.99 Å². The van der Waals surface area contributed by atoms with E-state index in [4.69, 9.17) is 16.1 Å². The zero-order valence-electron chi connectivity index (χ0n) is 10.5. The molecule has 0 radical (unpaired) electrons. The predicted octanol–water partition coefficient (Wildman–Crippen LogP) is 3.50. The molecule has 1 aliphatic rings. The number of rotatable bonds is 1. The number of aromatic nitrogens is 1. The van der Waals surface area contributed by atoms with Gasteiger partial charge < -0.3 is 9.63 Å². The van der Waals surface area contributed by atoms with Gasteiger partial charge in [-0.1, -0.05) is 22.8 Å². The van der Waals surface area contributed by atoms with E-state index in [0.717, 1.165) is 0 Å². The second kappa shape index (κ2) is 4.17. The standard InChI is InChI=1S/C15H7ClN2O3/c16-8-2-1-3-10-13(8)15(20)14(17-10)12-7-6-21-18-9(7)4-5-11(12)19/h1-6,19H. The fraction of sp³-hybridized carbons (Fsp3) is 0. The van der Waals surface area contributed by atoms with Crippen molar-refractivity contribution < 1.29 is 14.4 Å². The second-order valence-corrected chi connectivity index (χ2v) is 5.04. The molecule has 1 aromatic heterocycles. The van der Waals surface area contributed by atoms with Crippen molar-refractivity contribution >= 4 is 39.7 Å². The van der Waals surface area contributed by atoms with Crippen LogP contribution in [0.25, 0.3) is 10.9 Å². The number of phenols is 1. The van der Waals surface area contributed by atoms with Gasteiger partial charge in [-0.2, -0.15) is 0 Å². The van der Waals surface area contributed by atoms with Gasteiger partial charge in [-0.3, -0.25) is 4.79 Å². The number of halogens is 1. The summed E-state index contributed by atoms with van der Waals surface area (Å²) in [6.45, 7) is 0. The van der Waals surface area contributed by atoms with Crippen molar-refractivity contribution in [2.75, 3.05) is 0 Å². The van der Waals surface area contributed by atoms with Gasteiger partial charge in [-0.15, -0.1) is 0 Å². The number of hydrogen-bond donors (Lipinski definition) is 1. The molecule has 0 bridgehead atoms. The number of hydrogen-bond acceptors (Lipinski definition) is 5. The minimum Gasteiger partial charge on any atom is -0.507 e. The summed E-state index contributed by atoms with van der Waals surface area (Å²) in [5.74, 6) is -0.374. The van der Waals surface area contributed by atoms with Crippen molar-refractivity contribution in [2.24, 2.45) is 4.99 Å². The smallest absolute Gasteiger partial charge is 0.215 e.